The molecule has 0 heterocycles. The van der Waals surface area contributed by atoms with E-state index in [1.165, 1.54) is 26.4 Å². The number of nitrogens with two attached hydrogens (primary N) is 1. The van der Waals surface area contributed by atoms with Gasteiger partial charge in [-0.1, -0.05) is 12.8 Å². The lowest BCUT2D eigenvalue weighted by molar-refractivity contribution is -0.118. The van der Waals surface area contributed by atoms with E-state index in [2.05, 4.69) is 5.32 Å². The largest absolute Gasteiger partial charge is 0.493 e. The highest BCUT2D eigenvalue weighted by atomic mass is 19.3. The average molecular weight is 368 g/mol. The van der Waals surface area contributed by atoms with E-state index in [0.717, 1.165) is 6.42 Å². The molecule has 0 radical (unpaired) electrons. The molecular formula is C18H22F2N2O4. The van der Waals surface area contributed by atoms with Crippen LogP contribution in [0.1, 0.15) is 42.5 Å². The van der Waals surface area contributed by atoms with E-state index in [1.54, 1.807) is 0 Å². The van der Waals surface area contributed by atoms with Gasteiger partial charge in [-0.05, 0) is 18.9 Å². The number of fused-ring (bicyclic) bond motifs is 1. The van der Waals surface area contributed by atoms with Crippen LogP contribution in [0.3, 0.4) is 0 Å². The zero-order valence-electron chi connectivity index (χ0n) is 14.7. The molecular weight excluding hydrogens is 346 g/mol. The van der Waals surface area contributed by atoms with Crippen LogP contribution < -0.4 is 20.5 Å². The van der Waals surface area contributed by atoms with Crippen LogP contribution in [0.15, 0.2) is 12.1 Å². The topological polar surface area (TPSA) is 90.6 Å². The first-order chi connectivity index (χ1) is 12.3. The Kier molecular flexibility index (Phi) is 4.54. The lowest BCUT2D eigenvalue weighted by Crippen LogP contribution is -2.24. The predicted octanol–water partition coefficient (Wildman–Crippen LogP) is 2.96. The fraction of sp³-hybridized carbons (Fsp3) is 0.556. The highest BCUT2D eigenvalue weighted by molar-refractivity contribution is 6.04. The molecule has 6 nitrogen and oxygen atoms in total. The molecule has 142 valence electrons. The number of anilines is 1. The Bertz CT molecular complexity index is 753. The van der Waals surface area contributed by atoms with Crippen molar-refractivity contribution in [1.82, 2.24) is 0 Å². The van der Waals surface area contributed by atoms with Crippen molar-refractivity contribution in [3.63, 3.8) is 0 Å². The van der Waals surface area contributed by atoms with Crippen LogP contribution in [0, 0.1) is 11.3 Å². The lowest BCUT2D eigenvalue weighted by atomic mass is 9.85. The third kappa shape index (κ3) is 2.77. The summed E-state index contributed by atoms with van der Waals surface area (Å²) in [5, 5.41) is 2.55. The number of primary amides is 1. The predicted molar refractivity (Wildman–Crippen MR) is 90.6 cm³/mol. The summed E-state index contributed by atoms with van der Waals surface area (Å²) in [6.07, 6.45) is 1.97. The van der Waals surface area contributed by atoms with Gasteiger partial charge in [0.2, 0.25) is 5.91 Å². The first-order valence-corrected chi connectivity index (χ1v) is 8.50. The Labute approximate surface area is 150 Å². The molecule has 3 N–H and O–H groups in total. The molecule has 2 amide bonds. The zero-order valence-corrected chi connectivity index (χ0v) is 14.7. The van der Waals surface area contributed by atoms with Crippen molar-refractivity contribution in [2.24, 2.45) is 17.1 Å². The Morgan fingerprint density at radius 3 is 2.46 bits per heavy atom. The van der Waals surface area contributed by atoms with Gasteiger partial charge >= 0.3 is 0 Å². The third-order valence-corrected chi connectivity index (χ3v) is 5.59. The smallest absolute Gasteiger partial charge is 0.258 e. The number of hydrogen-bond donors (Lipinski definition) is 2. The Morgan fingerprint density at radius 2 is 1.88 bits per heavy atom. The Balaban J connectivity index is 1.82. The molecule has 0 spiro atoms. The fourth-order valence-electron chi connectivity index (χ4n) is 4.18. The number of alkyl halides is 2. The standard InChI is InChI=1S/C18H22F2N2O4/c1-25-12-7-10(16(21)24)11(8-13(12)26-2)22-15(23)9-17-6-4-3-5-14(17)18(17,19)20/h7-8,14H,3-6,9H2,1-2H3,(H2,21,24)(H,22,23). The number of ether oxygens (including phenoxy) is 2. The zero-order chi connectivity index (χ0) is 19.1. The van der Waals surface area contributed by atoms with Gasteiger partial charge in [0.05, 0.1) is 30.9 Å². The summed E-state index contributed by atoms with van der Waals surface area (Å²) in [6, 6.07) is 2.75. The van der Waals surface area contributed by atoms with E-state index in [-0.39, 0.29) is 23.4 Å². The molecule has 26 heavy (non-hydrogen) atoms. The summed E-state index contributed by atoms with van der Waals surface area (Å²) in [4.78, 5) is 24.2. The number of methoxy groups -OCH3 is 2. The Hall–Kier alpha value is -2.38. The summed E-state index contributed by atoms with van der Waals surface area (Å²) < 4.78 is 38.6. The van der Waals surface area contributed by atoms with Crippen molar-refractivity contribution >= 4 is 17.5 Å². The van der Waals surface area contributed by atoms with Gasteiger partial charge in [0.25, 0.3) is 11.8 Å². The van der Waals surface area contributed by atoms with Crippen LogP contribution in [-0.2, 0) is 4.79 Å². The summed E-state index contributed by atoms with van der Waals surface area (Å²) in [7, 11) is 2.81. The summed E-state index contributed by atoms with van der Waals surface area (Å²) in [5.41, 5.74) is 4.25. The molecule has 1 aromatic carbocycles. The lowest BCUT2D eigenvalue weighted by Gasteiger charge is -2.20. The van der Waals surface area contributed by atoms with Crippen LogP contribution in [0.25, 0.3) is 0 Å². The quantitative estimate of drug-likeness (QED) is 0.808. The number of carbonyl (C=O) groups excluding carboxylic acids is 2. The van der Waals surface area contributed by atoms with Crippen LogP contribution >= 0.6 is 0 Å². The van der Waals surface area contributed by atoms with Crippen molar-refractivity contribution in [3.05, 3.63) is 17.7 Å². The Morgan fingerprint density at radius 1 is 1.23 bits per heavy atom. The number of rotatable bonds is 6. The van der Waals surface area contributed by atoms with Crippen LogP contribution in [0.4, 0.5) is 14.5 Å². The van der Waals surface area contributed by atoms with Gasteiger partial charge in [-0.2, -0.15) is 0 Å². The molecule has 2 unspecified atom stereocenters. The van der Waals surface area contributed by atoms with Gasteiger partial charge in [-0.3, -0.25) is 9.59 Å². The minimum atomic E-state index is -2.80. The minimum absolute atomic E-state index is 0.0243. The highest BCUT2D eigenvalue weighted by Crippen LogP contribution is 2.73. The van der Waals surface area contributed by atoms with E-state index in [9.17, 15) is 18.4 Å². The van der Waals surface area contributed by atoms with Crippen molar-refractivity contribution in [1.29, 1.82) is 0 Å². The second-order valence-corrected chi connectivity index (χ2v) is 6.92. The maximum absolute atomic E-state index is 14.2. The molecule has 0 aliphatic heterocycles. The van der Waals surface area contributed by atoms with Crippen molar-refractivity contribution < 1.29 is 27.8 Å². The van der Waals surface area contributed by atoms with E-state index in [0.29, 0.717) is 25.0 Å². The minimum Gasteiger partial charge on any atom is -0.493 e. The van der Waals surface area contributed by atoms with Crippen LogP contribution in [0.5, 0.6) is 11.5 Å². The molecule has 3 rings (SSSR count). The summed E-state index contributed by atoms with van der Waals surface area (Å²) in [5.74, 6) is -4.30. The number of halogens is 2. The SMILES string of the molecule is COc1cc(NC(=O)CC23CCCCC2C3(F)F)c(C(N)=O)cc1OC. The van der Waals surface area contributed by atoms with Gasteiger partial charge in [0.15, 0.2) is 11.5 Å². The van der Waals surface area contributed by atoms with Gasteiger partial charge in [0.1, 0.15) is 0 Å². The molecule has 0 aromatic heterocycles. The van der Waals surface area contributed by atoms with E-state index < -0.39 is 29.1 Å². The number of nitrogens with one attached hydrogen (secondary N) is 1. The molecule has 2 fully saturated rings. The second-order valence-electron chi connectivity index (χ2n) is 6.92. The number of amides is 2. The molecule has 0 bridgehead atoms. The number of benzene rings is 1. The van der Waals surface area contributed by atoms with Crippen molar-refractivity contribution in [3.8, 4) is 11.5 Å². The summed E-state index contributed by atoms with van der Waals surface area (Å²) >= 11 is 0. The molecule has 1 aromatic rings. The molecule has 2 atom stereocenters. The highest BCUT2D eigenvalue weighted by Gasteiger charge is 2.80. The second kappa shape index (κ2) is 6.41. The number of carbonyl (C=O) groups is 2. The van der Waals surface area contributed by atoms with Gasteiger partial charge in [-0.15, -0.1) is 0 Å². The van der Waals surface area contributed by atoms with E-state index in [1.807, 2.05) is 0 Å². The molecule has 2 aliphatic carbocycles. The van der Waals surface area contributed by atoms with Gasteiger partial charge in [0, 0.05) is 18.4 Å². The van der Waals surface area contributed by atoms with Gasteiger partial charge in [-0.25, -0.2) is 8.78 Å². The van der Waals surface area contributed by atoms with Gasteiger partial charge < -0.3 is 20.5 Å². The molecule has 2 saturated carbocycles. The van der Waals surface area contributed by atoms with Crippen molar-refractivity contribution in [2.75, 3.05) is 19.5 Å². The molecule has 2 aliphatic rings. The average Bonchev–Trinajstić information content (AvgIpc) is 3.09. The summed E-state index contributed by atoms with van der Waals surface area (Å²) in [6.45, 7) is 0. The maximum atomic E-state index is 14.2. The van der Waals surface area contributed by atoms with E-state index >= 15 is 0 Å². The maximum Gasteiger partial charge on any atom is 0.258 e. The van der Waals surface area contributed by atoms with E-state index in [4.69, 9.17) is 15.2 Å². The van der Waals surface area contributed by atoms with Crippen LogP contribution in [0.2, 0.25) is 0 Å². The van der Waals surface area contributed by atoms with Crippen molar-refractivity contribution in [2.45, 2.75) is 38.0 Å². The first kappa shape index (κ1) is 18.4. The molecule has 8 heteroatoms. The fourth-order valence-corrected chi connectivity index (χ4v) is 4.18. The molecule has 0 saturated heterocycles. The normalized spacial score (nSPS) is 25.8. The number of hydrogen-bond acceptors (Lipinski definition) is 4. The monoisotopic (exact) mass is 368 g/mol. The first-order valence-electron chi connectivity index (χ1n) is 8.50. The van der Waals surface area contributed by atoms with Crippen LogP contribution in [-0.4, -0.2) is 32.0 Å². The third-order valence-electron chi connectivity index (χ3n) is 5.59.